The standard InChI is InChI=1S/C17H10F9NO3S/c18-14(19,16(22,23)24)15(20,21)17(25,26)31(28,29)30-12-5-4-11-9-27-8-10-3-1-2-6-13(10,11)7-12/h1-4,6-9H,5H2. The van der Waals surface area contributed by atoms with Gasteiger partial charge in [-0.15, -0.1) is 0 Å². The highest BCUT2D eigenvalue weighted by atomic mass is 32.2. The molecule has 3 rings (SSSR count). The lowest BCUT2D eigenvalue weighted by Crippen LogP contribution is -2.63. The van der Waals surface area contributed by atoms with Crippen molar-refractivity contribution in [3.8, 4) is 0 Å². The molecule has 0 saturated carbocycles. The molecule has 3 aliphatic rings. The largest absolute Gasteiger partial charge is 0.460 e. The van der Waals surface area contributed by atoms with Crippen LogP contribution >= 0.6 is 0 Å². The molecule has 14 heteroatoms. The molecule has 0 fully saturated rings. The van der Waals surface area contributed by atoms with Gasteiger partial charge in [0.05, 0.1) is 5.41 Å². The molecule has 0 radical (unpaired) electrons. The molecule has 1 unspecified atom stereocenters. The van der Waals surface area contributed by atoms with E-state index in [9.17, 15) is 47.9 Å². The maximum atomic E-state index is 13.9. The van der Waals surface area contributed by atoms with Crippen LogP contribution in [0.4, 0.5) is 39.5 Å². The summed E-state index contributed by atoms with van der Waals surface area (Å²) in [5, 5.41) is -6.92. The van der Waals surface area contributed by atoms with E-state index in [2.05, 4.69) is 9.18 Å². The van der Waals surface area contributed by atoms with Crippen LogP contribution in [0.25, 0.3) is 0 Å². The molecule has 2 aliphatic carbocycles. The topological polar surface area (TPSA) is 55.7 Å². The Hall–Kier alpha value is -2.51. The fourth-order valence-corrected chi connectivity index (χ4v) is 3.99. The summed E-state index contributed by atoms with van der Waals surface area (Å²) in [6.07, 6.45) is 3.20. The van der Waals surface area contributed by atoms with Gasteiger partial charge in [-0.2, -0.15) is 47.9 Å². The number of rotatable bonds is 5. The maximum absolute atomic E-state index is 13.9. The first-order chi connectivity index (χ1) is 14.0. The summed E-state index contributed by atoms with van der Waals surface area (Å²) < 4.78 is 145. The Morgan fingerprint density at radius 2 is 1.58 bits per heavy atom. The van der Waals surface area contributed by atoms with Gasteiger partial charge in [0.25, 0.3) is 0 Å². The highest BCUT2D eigenvalue weighted by Crippen LogP contribution is 2.55. The van der Waals surface area contributed by atoms with E-state index >= 15 is 0 Å². The van der Waals surface area contributed by atoms with Crippen LogP contribution < -0.4 is 0 Å². The number of hydrogen-bond acceptors (Lipinski definition) is 4. The Kier molecular flexibility index (Phi) is 5.04. The Bertz CT molecular complexity index is 1080. The van der Waals surface area contributed by atoms with Gasteiger partial charge in [-0.25, -0.2) is 0 Å². The van der Waals surface area contributed by atoms with Gasteiger partial charge in [-0.1, -0.05) is 30.4 Å². The number of aliphatic imine (C=N–C) groups is 1. The van der Waals surface area contributed by atoms with Crippen LogP contribution in [0.1, 0.15) is 6.42 Å². The number of hydrogen-bond donors (Lipinski definition) is 0. The molecule has 1 aliphatic heterocycles. The van der Waals surface area contributed by atoms with Crippen LogP contribution in [0, 0.1) is 5.41 Å². The van der Waals surface area contributed by atoms with E-state index in [0.29, 0.717) is 11.1 Å². The zero-order valence-electron chi connectivity index (χ0n) is 14.8. The summed E-state index contributed by atoms with van der Waals surface area (Å²) >= 11 is 0. The first-order valence-corrected chi connectivity index (χ1v) is 9.57. The summed E-state index contributed by atoms with van der Waals surface area (Å²) in [6, 6.07) is 0. The molecular weight excluding hydrogens is 469 g/mol. The number of halogens is 9. The lowest BCUT2D eigenvalue weighted by Gasteiger charge is -2.37. The van der Waals surface area contributed by atoms with Gasteiger partial charge in [0.1, 0.15) is 5.76 Å². The van der Waals surface area contributed by atoms with E-state index in [4.69, 9.17) is 0 Å². The van der Waals surface area contributed by atoms with Crippen molar-refractivity contribution in [1.82, 2.24) is 0 Å². The Labute approximate surface area is 168 Å². The maximum Gasteiger partial charge on any atom is 0.460 e. The highest BCUT2D eigenvalue weighted by Gasteiger charge is 2.86. The van der Waals surface area contributed by atoms with Crippen LogP contribution in [0.2, 0.25) is 0 Å². The monoisotopic (exact) mass is 479 g/mol. The summed E-state index contributed by atoms with van der Waals surface area (Å²) in [4.78, 5) is 3.92. The molecule has 31 heavy (non-hydrogen) atoms. The van der Waals surface area contributed by atoms with Gasteiger partial charge in [-0.05, 0) is 17.2 Å². The molecule has 0 aromatic carbocycles. The third-order valence-electron chi connectivity index (χ3n) is 4.69. The average Bonchev–Trinajstić information content (AvgIpc) is 2.64. The first-order valence-electron chi connectivity index (χ1n) is 8.16. The zero-order valence-corrected chi connectivity index (χ0v) is 15.6. The lowest BCUT2D eigenvalue weighted by molar-refractivity contribution is -0.382. The molecule has 1 heterocycles. The summed E-state index contributed by atoms with van der Waals surface area (Å²) in [5.74, 6) is -15.6. The minimum Gasteiger partial charge on any atom is -0.383 e. The van der Waals surface area contributed by atoms with E-state index < -0.39 is 51.0 Å². The molecular formula is C17H10F9NO3S. The Balaban J connectivity index is 1.98. The van der Waals surface area contributed by atoms with Gasteiger partial charge in [0.2, 0.25) is 0 Å². The van der Waals surface area contributed by atoms with E-state index in [-0.39, 0.29) is 0 Å². The SMILES string of the molecule is O=S(=O)(OC1=CC23C=CC=CC2=CN=CC3=CC1)C(F)(F)C(F)(F)C(F)(F)C(F)(F)F. The van der Waals surface area contributed by atoms with Crippen molar-refractivity contribution < 1.29 is 52.1 Å². The van der Waals surface area contributed by atoms with Gasteiger partial charge >= 0.3 is 33.4 Å². The van der Waals surface area contributed by atoms with Crippen LogP contribution in [-0.2, 0) is 14.3 Å². The van der Waals surface area contributed by atoms with Crippen LogP contribution in [0.5, 0.6) is 0 Å². The number of alkyl halides is 9. The van der Waals surface area contributed by atoms with Crippen molar-refractivity contribution >= 4 is 16.3 Å². The van der Waals surface area contributed by atoms with Crippen molar-refractivity contribution in [3.63, 3.8) is 0 Å². The molecule has 0 saturated heterocycles. The normalized spacial score (nSPS) is 24.1. The van der Waals surface area contributed by atoms with Crippen molar-refractivity contribution in [2.45, 2.75) is 29.7 Å². The quantitative estimate of drug-likeness (QED) is 0.410. The third-order valence-corrected chi connectivity index (χ3v) is 6.00. The number of nitrogens with zero attached hydrogens (tertiary/aromatic N) is 1. The van der Waals surface area contributed by atoms with Crippen molar-refractivity contribution in [1.29, 1.82) is 0 Å². The third kappa shape index (κ3) is 3.22. The fourth-order valence-electron chi connectivity index (χ4n) is 3.05. The smallest absolute Gasteiger partial charge is 0.383 e. The number of allylic oxidation sites excluding steroid dienone is 8. The van der Waals surface area contributed by atoms with E-state index in [1.165, 1.54) is 36.7 Å². The Morgan fingerprint density at radius 3 is 2.19 bits per heavy atom. The van der Waals surface area contributed by atoms with Crippen molar-refractivity contribution in [2.75, 3.05) is 0 Å². The summed E-state index contributed by atoms with van der Waals surface area (Å²) in [6.45, 7) is 0. The summed E-state index contributed by atoms with van der Waals surface area (Å²) in [7, 11) is -7.00. The molecule has 1 atom stereocenters. The van der Waals surface area contributed by atoms with Gasteiger partial charge in [-0.3, -0.25) is 4.99 Å². The van der Waals surface area contributed by atoms with Gasteiger partial charge < -0.3 is 4.18 Å². The molecule has 170 valence electrons. The van der Waals surface area contributed by atoms with Crippen LogP contribution in [0.3, 0.4) is 0 Å². The van der Waals surface area contributed by atoms with E-state index in [1.54, 1.807) is 6.08 Å². The van der Waals surface area contributed by atoms with Gasteiger partial charge in [0, 0.05) is 18.8 Å². The van der Waals surface area contributed by atoms with E-state index in [0.717, 1.165) is 6.08 Å². The second-order valence-electron chi connectivity index (χ2n) is 6.62. The average molecular weight is 479 g/mol. The first kappa shape index (κ1) is 23.2. The van der Waals surface area contributed by atoms with E-state index in [1.807, 2.05) is 0 Å². The van der Waals surface area contributed by atoms with Crippen molar-refractivity contribution in [3.05, 3.63) is 59.6 Å². The molecule has 0 amide bonds. The predicted molar refractivity (Wildman–Crippen MR) is 89.0 cm³/mol. The molecule has 1 spiro atoms. The lowest BCUT2D eigenvalue weighted by atomic mass is 9.68. The molecule has 4 nitrogen and oxygen atoms in total. The minimum absolute atomic E-state index is 0.405. The minimum atomic E-state index is -7.36. The summed E-state index contributed by atoms with van der Waals surface area (Å²) in [5.41, 5.74) is -0.425. The second kappa shape index (κ2) is 6.74. The predicted octanol–water partition coefficient (Wildman–Crippen LogP) is 5.05. The molecule has 0 bridgehead atoms. The molecule has 0 aromatic rings. The van der Waals surface area contributed by atoms with Crippen molar-refractivity contribution in [2.24, 2.45) is 10.4 Å². The highest BCUT2D eigenvalue weighted by molar-refractivity contribution is 7.88. The molecule has 0 aromatic heterocycles. The fraction of sp³-hybridized carbons (Fsp3) is 0.353. The van der Waals surface area contributed by atoms with Crippen LogP contribution in [-0.4, -0.2) is 37.9 Å². The molecule has 0 N–H and O–H groups in total. The van der Waals surface area contributed by atoms with Crippen LogP contribution in [0.15, 0.2) is 64.6 Å². The Morgan fingerprint density at radius 1 is 0.935 bits per heavy atom. The second-order valence-corrected chi connectivity index (χ2v) is 8.21. The zero-order chi connectivity index (χ0) is 23.5. The van der Waals surface area contributed by atoms with Gasteiger partial charge in [0.15, 0.2) is 0 Å².